The predicted octanol–water partition coefficient (Wildman–Crippen LogP) is 5.02. The van der Waals surface area contributed by atoms with Gasteiger partial charge in [0.15, 0.2) is 0 Å². The first kappa shape index (κ1) is 22.0. The first-order valence-electron chi connectivity index (χ1n) is 11.1. The molecule has 1 aromatic heterocycles. The van der Waals surface area contributed by atoms with E-state index in [1.807, 2.05) is 12.1 Å². The van der Waals surface area contributed by atoms with Crippen LogP contribution in [0.5, 0.6) is 0 Å². The summed E-state index contributed by atoms with van der Waals surface area (Å²) in [6.07, 6.45) is 6.65. The number of hydrogen-bond acceptors (Lipinski definition) is 3. The molecule has 1 N–H and O–H groups in total. The molecule has 1 saturated heterocycles. The largest absolute Gasteiger partial charge is 0.337 e. The smallest absolute Gasteiger partial charge is 0.324 e. The third-order valence-electron chi connectivity index (χ3n) is 6.63. The van der Waals surface area contributed by atoms with Crippen LogP contribution in [0.3, 0.4) is 0 Å². The second-order valence-corrected chi connectivity index (χ2v) is 9.98. The van der Waals surface area contributed by atoms with Gasteiger partial charge in [0.25, 0.3) is 0 Å². The maximum atomic E-state index is 12.0. The first-order valence-corrected chi connectivity index (χ1v) is 11.1. The van der Waals surface area contributed by atoms with Crippen LogP contribution < -0.4 is 5.32 Å². The van der Waals surface area contributed by atoms with Crippen LogP contribution in [0.4, 0.5) is 4.79 Å². The van der Waals surface area contributed by atoms with Gasteiger partial charge in [-0.2, -0.15) is 0 Å². The number of benzene rings is 1. The molecule has 2 heterocycles. The van der Waals surface area contributed by atoms with Crippen molar-refractivity contribution in [2.75, 3.05) is 6.54 Å². The summed E-state index contributed by atoms with van der Waals surface area (Å²) in [4.78, 5) is 29.9. The number of aryl methyl sites for hydroxylation is 1. The maximum Gasteiger partial charge on any atom is 0.324 e. The Morgan fingerprint density at radius 3 is 2.34 bits per heavy atom. The zero-order valence-corrected chi connectivity index (χ0v) is 19.6. The van der Waals surface area contributed by atoms with E-state index in [2.05, 4.69) is 75.8 Å². The Bertz CT molecular complexity index is 1120. The first-order chi connectivity index (χ1) is 15.0. The number of urea groups is 1. The van der Waals surface area contributed by atoms with Gasteiger partial charge in [-0.3, -0.25) is 14.7 Å². The number of carbonyl (C=O) groups excluding carboxylic acids is 2. The molecule has 1 aliphatic heterocycles. The van der Waals surface area contributed by atoms with E-state index < -0.39 is 0 Å². The highest BCUT2D eigenvalue weighted by molar-refractivity contribution is 5.96. The molecule has 1 fully saturated rings. The van der Waals surface area contributed by atoms with Gasteiger partial charge in [0, 0.05) is 35.6 Å². The maximum absolute atomic E-state index is 12.0. The van der Waals surface area contributed by atoms with E-state index in [1.54, 1.807) is 6.20 Å². The average molecular weight is 430 g/mol. The number of allylic oxidation sites excluding steroid dienone is 2. The third kappa shape index (κ3) is 3.88. The Kier molecular flexibility index (Phi) is 5.32. The molecule has 0 spiro atoms. The van der Waals surface area contributed by atoms with Gasteiger partial charge < -0.3 is 5.32 Å². The molecule has 32 heavy (non-hydrogen) atoms. The zero-order chi connectivity index (χ0) is 23.3. The van der Waals surface area contributed by atoms with Crippen LogP contribution in [-0.2, 0) is 22.2 Å². The molecular weight excluding hydrogens is 398 g/mol. The summed E-state index contributed by atoms with van der Waals surface area (Å²) < 4.78 is 0. The van der Waals surface area contributed by atoms with Gasteiger partial charge in [-0.15, -0.1) is 0 Å². The monoisotopic (exact) mass is 429 g/mol. The van der Waals surface area contributed by atoms with Crippen molar-refractivity contribution in [1.82, 2.24) is 15.2 Å². The van der Waals surface area contributed by atoms with Gasteiger partial charge in [0.05, 0.1) is 12.2 Å². The number of pyridine rings is 1. The van der Waals surface area contributed by atoms with Crippen molar-refractivity contribution in [2.24, 2.45) is 0 Å². The molecule has 5 nitrogen and oxygen atoms in total. The lowest BCUT2D eigenvalue weighted by Gasteiger charge is -2.37. The molecule has 3 amide bonds. The quantitative estimate of drug-likeness (QED) is 0.694. The van der Waals surface area contributed by atoms with E-state index in [-0.39, 0.29) is 29.3 Å². The third-order valence-corrected chi connectivity index (χ3v) is 6.63. The normalized spacial score (nSPS) is 18.8. The molecule has 0 radical (unpaired) electrons. The second kappa shape index (κ2) is 7.73. The minimum Gasteiger partial charge on any atom is -0.337 e. The Balaban J connectivity index is 1.62. The van der Waals surface area contributed by atoms with Gasteiger partial charge in [0.2, 0.25) is 5.91 Å². The van der Waals surface area contributed by atoms with E-state index in [9.17, 15) is 9.59 Å². The minimum atomic E-state index is -0.348. The summed E-state index contributed by atoms with van der Waals surface area (Å²) >= 11 is 0. The average Bonchev–Trinajstić information content (AvgIpc) is 2.74. The van der Waals surface area contributed by atoms with Gasteiger partial charge in [-0.1, -0.05) is 58.6 Å². The van der Waals surface area contributed by atoms with E-state index in [1.165, 1.54) is 21.6 Å². The summed E-state index contributed by atoms with van der Waals surface area (Å²) in [7, 11) is 0. The number of nitrogens with zero attached hydrogens (tertiary/aromatic N) is 2. The SMILES string of the molecule is C=C(c1ccc(CN2C(=O)CCNC2=O)cn1)c1cc2c(cc1C)C(C)(C)C=CC2(C)C. The van der Waals surface area contributed by atoms with Crippen molar-refractivity contribution in [2.45, 2.75) is 58.4 Å². The van der Waals surface area contributed by atoms with Crippen molar-refractivity contribution < 1.29 is 9.59 Å². The Morgan fingerprint density at radius 1 is 1.09 bits per heavy atom. The second-order valence-electron chi connectivity index (χ2n) is 9.98. The number of imide groups is 1. The Hall–Kier alpha value is -3.21. The van der Waals surface area contributed by atoms with E-state index >= 15 is 0 Å². The highest BCUT2D eigenvalue weighted by Crippen LogP contribution is 2.43. The molecule has 0 unspecified atom stereocenters. The van der Waals surface area contributed by atoms with Gasteiger partial charge in [0.1, 0.15) is 0 Å². The van der Waals surface area contributed by atoms with E-state index in [0.717, 1.165) is 22.4 Å². The minimum absolute atomic E-state index is 0.00640. The van der Waals surface area contributed by atoms with Crippen molar-refractivity contribution in [3.63, 3.8) is 0 Å². The lowest BCUT2D eigenvalue weighted by atomic mass is 9.67. The number of rotatable bonds is 4. The number of fused-ring (bicyclic) bond motifs is 1. The topological polar surface area (TPSA) is 62.3 Å². The zero-order valence-electron chi connectivity index (χ0n) is 19.6. The van der Waals surface area contributed by atoms with Crippen molar-refractivity contribution in [3.8, 4) is 0 Å². The number of amides is 3. The fourth-order valence-electron chi connectivity index (χ4n) is 4.49. The number of hydrogen-bond donors (Lipinski definition) is 1. The molecule has 166 valence electrons. The molecule has 0 bridgehead atoms. The van der Waals surface area contributed by atoms with Crippen LogP contribution in [0.1, 0.15) is 67.6 Å². The van der Waals surface area contributed by atoms with Crippen molar-refractivity contribution in [3.05, 3.63) is 82.7 Å². The Morgan fingerprint density at radius 2 is 1.75 bits per heavy atom. The van der Waals surface area contributed by atoms with Crippen LogP contribution >= 0.6 is 0 Å². The van der Waals surface area contributed by atoms with E-state index in [0.29, 0.717) is 13.0 Å². The van der Waals surface area contributed by atoms with Gasteiger partial charge >= 0.3 is 6.03 Å². The summed E-state index contributed by atoms with van der Waals surface area (Å²) in [5.74, 6) is -0.161. The van der Waals surface area contributed by atoms with Crippen LogP contribution in [0.25, 0.3) is 5.57 Å². The predicted molar refractivity (Wildman–Crippen MR) is 127 cm³/mol. The lowest BCUT2D eigenvalue weighted by molar-refractivity contribution is -0.129. The van der Waals surface area contributed by atoms with Crippen molar-refractivity contribution in [1.29, 1.82) is 0 Å². The fraction of sp³-hybridized carbons (Fsp3) is 0.370. The molecule has 2 aromatic rings. The van der Waals surface area contributed by atoms with Crippen LogP contribution in [-0.4, -0.2) is 28.4 Å². The van der Waals surface area contributed by atoms with Gasteiger partial charge in [-0.05, 0) is 46.9 Å². The number of aromatic nitrogens is 1. The summed E-state index contributed by atoms with van der Waals surface area (Å²) in [5, 5.41) is 2.70. The molecular formula is C27H31N3O2. The Labute approximate surface area is 190 Å². The number of nitrogens with one attached hydrogen (secondary N) is 1. The summed E-state index contributed by atoms with van der Waals surface area (Å²) in [6.45, 7) is 16.1. The van der Waals surface area contributed by atoms with Crippen LogP contribution in [0.15, 0.2) is 49.2 Å². The van der Waals surface area contributed by atoms with Crippen LogP contribution in [0, 0.1) is 6.92 Å². The summed E-state index contributed by atoms with van der Waals surface area (Å²) in [5.41, 5.74) is 7.34. The standard InChI is InChI=1S/C27H31N3O2/c1-17-13-21-22(27(5,6)11-10-26(21,3)4)14-20(17)18(2)23-8-7-19(15-29-23)16-30-24(31)9-12-28-25(30)32/h7-8,10-11,13-15H,2,9,12,16H2,1,3-6H3,(H,28,32). The highest BCUT2D eigenvalue weighted by atomic mass is 16.2. The summed E-state index contributed by atoms with van der Waals surface area (Å²) in [6, 6.07) is 8.03. The highest BCUT2D eigenvalue weighted by Gasteiger charge is 2.33. The molecule has 0 saturated carbocycles. The van der Waals surface area contributed by atoms with Crippen molar-refractivity contribution >= 4 is 17.5 Å². The molecule has 0 atom stereocenters. The molecule has 1 aromatic carbocycles. The van der Waals surface area contributed by atoms with Crippen LogP contribution in [0.2, 0.25) is 0 Å². The fourth-order valence-corrected chi connectivity index (χ4v) is 4.49. The molecule has 2 aliphatic rings. The number of carbonyl (C=O) groups is 2. The van der Waals surface area contributed by atoms with E-state index in [4.69, 9.17) is 0 Å². The molecule has 4 rings (SSSR count). The van der Waals surface area contributed by atoms with Gasteiger partial charge in [-0.25, -0.2) is 4.79 Å². The lowest BCUT2D eigenvalue weighted by Crippen LogP contribution is -2.49. The molecule has 5 heteroatoms. The molecule has 1 aliphatic carbocycles.